The molecule has 0 atom stereocenters. The molecule has 0 amide bonds. The van der Waals surface area contributed by atoms with Crippen molar-refractivity contribution in [1.29, 1.82) is 0 Å². The van der Waals surface area contributed by atoms with Gasteiger partial charge in [-0.2, -0.15) is 0 Å². The molecule has 1 heterocycles. The molecule has 1 aromatic carbocycles. The lowest BCUT2D eigenvalue weighted by Gasteiger charge is -2.13. The average molecular weight is 244 g/mol. The Bertz CT molecular complexity index is 445. The van der Waals surface area contributed by atoms with Gasteiger partial charge in [0.2, 0.25) is 0 Å². The summed E-state index contributed by atoms with van der Waals surface area (Å²) in [4.78, 5) is 6.12. The van der Waals surface area contributed by atoms with E-state index in [9.17, 15) is 0 Å². The minimum absolute atomic E-state index is 0.972. The molecule has 0 aliphatic heterocycles. The van der Waals surface area contributed by atoms with E-state index in [1.165, 1.54) is 11.4 Å². The molecule has 2 aromatic rings. The van der Waals surface area contributed by atoms with E-state index >= 15 is 0 Å². The quantitative estimate of drug-likeness (QED) is 0.792. The van der Waals surface area contributed by atoms with E-state index in [0.717, 1.165) is 19.5 Å². The van der Waals surface area contributed by atoms with E-state index in [0.29, 0.717) is 0 Å². The van der Waals surface area contributed by atoms with Crippen molar-refractivity contribution in [2.75, 3.05) is 30.9 Å². The summed E-state index contributed by atoms with van der Waals surface area (Å²) in [7, 11) is 4.10. The van der Waals surface area contributed by atoms with Crippen molar-refractivity contribution in [3.63, 3.8) is 0 Å². The zero-order chi connectivity index (χ0) is 12.8. The number of nitrogens with zero attached hydrogens (tertiary/aromatic N) is 3. The molecule has 2 rings (SSSR count). The first kappa shape index (κ1) is 12.5. The maximum atomic E-state index is 4.02. The number of hydrogen-bond acceptors (Lipinski definition) is 3. The molecule has 1 aromatic heterocycles. The SMILES string of the molecule is CN(C)c1ccc(NCCCn2ccnc2)cc1. The van der Waals surface area contributed by atoms with Gasteiger partial charge in [-0.15, -0.1) is 0 Å². The number of hydrogen-bond donors (Lipinski definition) is 1. The van der Waals surface area contributed by atoms with Gasteiger partial charge in [-0.25, -0.2) is 4.98 Å². The van der Waals surface area contributed by atoms with Crippen LogP contribution in [0.4, 0.5) is 11.4 Å². The van der Waals surface area contributed by atoms with Gasteiger partial charge in [-0.05, 0) is 30.7 Å². The fourth-order valence-electron chi connectivity index (χ4n) is 1.79. The molecule has 0 aliphatic carbocycles. The van der Waals surface area contributed by atoms with Gasteiger partial charge >= 0.3 is 0 Å². The van der Waals surface area contributed by atoms with Crippen LogP contribution in [0.3, 0.4) is 0 Å². The van der Waals surface area contributed by atoms with Crippen LogP contribution >= 0.6 is 0 Å². The van der Waals surface area contributed by atoms with Crippen molar-refractivity contribution in [3.8, 4) is 0 Å². The topological polar surface area (TPSA) is 33.1 Å². The average Bonchev–Trinajstić information content (AvgIpc) is 2.88. The van der Waals surface area contributed by atoms with Crippen molar-refractivity contribution < 1.29 is 0 Å². The van der Waals surface area contributed by atoms with Crippen LogP contribution in [0.2, 0.25) is 0 Å². The van der Waals surface area contributed by atoms with Crippen molar-refractivity contribution in [2.45, 2.75) is 13.0 Å². The van der Waals surface area contributed by atoms with Gasteiger partial charge < -0.3 is 14.8 Å². The Labute approximate surface area is 108 Å². The number of imidazole rings is 1. The first-order valence-corrected chi connectivity index (χ1v) is 6.23. The van der Waals surface area contributed by atoms with Crippen LogP contribution in [-0.2, 0) is 6.54 Å². The Morgan fingerprint density at radius 3 is 2.61 bits per heavy atom. The third kappa shape index (κ3) is 3.52. The number of aromatic nitrogens is 2. The highest BCUT2D eigenvalue weighted by Gasteiger charge is 1.96. The van der Waals surface area contributed by atoms with Crippen LogP contribution in [0.1, 0.15) is 6.42 Å². The van der Waals surface area contributed by atoms with E-state index < -0.39 is 0 Å². The Morgan fingerprint density at radius 2 is 2.00 bits per heavy atom. The maximum absolute atomic E-state index is 4.02. The fraction of sp³-hybridized carbons (Fsp3) is 0.357. The minimum atomic E-state index is 0.972. The lowest BCUT2D eigenvalue weighted by atomic mass is 10.2. The van der Waals surface area contributed by atoms with Crippen LogP contribution in [-0.4, -0.2) is 30.2 Å². The zero-order valence-electron chi connectivity index (χ0n) is 11.0. The van der Waals surface area contributed by atoms with Crippen molar-refractivity contribution in [3.05, 3.63) is 43.0 Å². The van der Waals surface area contributed by atoms with Gasteiger partial charge in [0.05, 0.1) is 6.33 Å². The molecule has 0 bridgehead atoms. The fourth-order valence-corrected chi connectivity index (χ4v) is 1.79. The lowest BCUT2D eigenvalue weighted by molar-refractivity contribution is 0.661. The summed E-state index contributed by atoms with van der Waals surface area (Å²) in [5.74, 6) is 0. The predicted molar refractivity (Wildman–Crippen MR) is 76.1 cm³/mol. The first-order valence-electron chi connectivity index (χ1n) is 6.23. The van der Waals surface area contributed by atoms with Gasteiger partial charge in [0.1, 0.15) is 0 Å². The molecule has 4 heteroatoms. The van der Waals surface area contributed by atoms with Crippen molar-refractivity contribution in [1.82, 2.24) is 9.55 Å². The number of nitrogens with one attached hydrogen (secondary N) is 1. The molecular formula is C14H20N4. The first-order chi connectivity index (χ1) is 8.75. The normalized spacial score (nSPS) is 10.3. The molecule has 0 spiro atoms. The molecule has 0 aliphatic rings. The van der Waals surface area contributed by atoms with Crippen LogP contribution in [0.15, 0.2) is 43.0 Å². The Morgan fingerprint density at radius 1 is 1.22 bits per heavy atom. The molecule has 96 valence electrons. The highest BCUT2D eigenvalue weighted by molar-refractivity contribution is 5.54. The third-order valence-corrected chi connectivity index (χ3v) is 2.87. The van der Waals surface area contributed by atoms with Gasteiger partial charge in [0.25, 0.3) is 0 Å². The van der Waals surface area contributed by atoms with Gasteiger partial charge in [0, 0.05) is 51.0 Å². The van der Waals surface area contributed by atoms with E-state index in [-0.39, 0.29) is 0 Å². The summed E-state index contributed by atoms with van der Waals surface area (Å²) in [6, 6.07) is 8.48. The van der Waals surface area contributed by atoms with Crippen molar-refractivity contribution in [2.24, 2.45) is 0 Å². The van der Waals surface area contributed by atoms with Gasteiger partial charge in [0.15, 0.2) is 0 Å². The molecule has 0 saturated heterocycles. The van der Waals surface area contributed by atoms with Crippen LogP contribution in [0.25, 0.3) is 0 Å². The molecular weight excluding hydrogens is 224 g/mol. The highest BCUT2D eigenvalue weighted by atomic mass is 15.1. The summed E-state index contributed by atoms with van der Waals surface area (Å²) < 4.78 is 2.09. The van der Waals surface area contributed by atoms with E-state index in [4.69, 9.17) is 0 Å². The van der Waals surface area contributed by atoms with E-state index in [1.807, 2.05) is 32.8 Å². The maximum Gasteiger partial charge on any atom is 0.0945 e. The monoisotopic (exact) mass is 244 g/mol. The van der Waals surface area contributed by atoms with Gasteiger partial charge in [-0.1, -0.05) is 0 Å². The number of aryl methyl sites for hydroxylation is 1. The van der Waals surface area contributed by atoms with Crippen LogP contribution in [0, 0.1) is 0 Å². The largest absolute Gasteiger partial charge is 0.385 e. The summed E-state index contributed by atoms with van der Waals surface area (Å²) in [6.07, 6.45) is 6.75. The second kappa shape index (κ2) is 6.10. The molecule has 0 unspecified atom stereocenters. The second-order valence-corrected chi connectivity index (χ2v) is 4.52. The lowest BCUT2D eigenvalue weighted by Crippen LogP contribution is -2.09. The summed E-state index contributed by atoms with van der Waals surface area (Å²) in [5.41, 5.74) is 2.39. The summed E-state index contributed by atoms with van der Waals surface area (Å²) >= 11 is 0. The van der Waals surface area contributed by atoms with E-state index in [2.05, 4.69) is 44.0 Å². The Hall–Kier alpha value is -1.97. The number of anilines is 2. The molecule has 1 N–H and O–H groups in total. The van der Waals surface area contributed by atoms with Crippen LogP contribution in [0.5, 0.6) is 0 Å². The third-order valence-electron chi connectivity index (χ3n) is 2.87. The number of benzene rings is 1. The standard InChI is InChI=1S/C14H20N4/c1-17(2)14-6-4-13(5-7-14)16-8-3-10-18-11-9-15-12-18/h4-7,9,11-12,16H,3,8,10H2,1-2H3. The van der Waals surface area contributed by atoms with Gasteiger partial charge in [-0.3, -0.25) is 0 Å². The molecule has 0 fully saturated rings. The Kier molecular flexibility index (Phi) is 4.23. The number of rotatable bonds is 6. The molecule has 0 radical (unpaired) electrons. The van der Waals surface area contributed by atoms with Crippen LogP contribution < -0.4 is 10.2 Å². The summed E-state index contributed by atoms with van der Waals surface area (Å²) in [5, 5.41) is 3.42. The highest BCUT2D eigenvalue weighted by Crippen LogP contribution is 2.15. The smallest absolute Gasteiger partial charge is 0.0945 e. The summed E-state index contributed by atoms with van der Waals surface area (Å²) in [6.45, 7) is 1.97. The van der Waals surface area contributed by atoms with Crippen molar-refractivity contribution >= 4 is 11.4 Å². The Balaban J connectivity index is 1.73. The molecule has 18 heavy (non-hydrogen) atoms. The second-order valence-electron chi connectivity index (χ2n) is 4.52. The predicted octanol–water partition coefficient (Wildman–Crippen LogP) is 2.45. The minimum Gasteiger partial charge on any atom is -0.385 e. The van der Waals surface area contributed by atoms with E-state index in [1.54, 1.807) is 0 Å². The molecule has 0 saturated carbocycles. The zero-order valence-corrected chi connectivity index (χ0v) is 11.0. The molecule has 4 nitrogen and oxygen atoms in total.